The highest BCUT2D eigenvalue weighted by Gasteiger charge is 2.21. The number of nitrogens with zero attached hydrogens (tertiary/aromatic N) is 4. The Balaban J connectivity index is 1.38. The minimum absolute atomic E-state index is 0.411. The molecule has 0 radical (unpaired) electrons. The van der Waals surface area contributed by atoms with Crippen LogP contribution in [-0.4, -0.2) is 27.4 Å². The molecule has 2 heterocycles. The molecule has 7 nitrogen and oxygen atoms in total. The summed E-state index contributed by atoms with van der Waals surface area (Å²) in [5, 5.41) is 12.9. The van der Waals surface area contributed by atoms with E-state index in [2.05, 4.69) is 20.3 Å². The summed E-state index contributed by atoms with van der Waals surface area (Å²) in [4.78, 5) is 4.42. The van der Waals surface area contributed by atoms with E-state index < -0.39 is 0 Å². The summed E-state index contributed by atoms with van der Waals surface area (Å²) in [5.74, 6) is 3.47. The summed E-state index contributed by atoms with van der Waals surface area (Å²) in [6.07, 6.45) is 6.06. The lowest BCUT2D eigenvalue weighted by atomic mass is 9.89. The zero-order chi connectivity index (χ0) is 17.8. The molecule has 1 fully saturated rings. The maximum Gasteiger partial charge on any atom is 0.277 e. The van der Waals surface area contributed by atoms with Crippen LogP contribution in [0.4, 0.5) is 0 Å². The minimum atomic E-state index is 0.411. The lowest BCUT2D eigenvalue weighted by molar-refractivity contribution is 0.334. The number of benzene rings is 1. The fourth-order valence-corrected chi connectivity index (χ4v) is 3.72. The van der Waals surface area contributed by atoms with Crippen LogP contribution in [0.25, 0.3) is 11.4 Å². The van der Waals surface area contributed by atoms with E-state index >= 15 is 0 Å². The third-order valence-corrected chi connectivity index (χ3v) is 5.29. The molecule has 0 spiro atoms. The smallest absolute Gasteiger partial charge is 0.277 e. The second-order valence-corrected chi connectivity index (χ2v) is 7.20. The van der Waals surface area contributed by atoms with Crippen LogP contribution in [0, 0.1) is 0 Å². The molecule has 1 aliphatic rings. The monoisotopic (exact) mass is 372 g/mol. The van der Waals surface area contributed by atoms with Crippen LogP contribution in [0.3, 0.4) is 0 Å². The predicted octanol–water partition coefficient (Wildman–Crippen LogP) is 4.47. The van der Waals surface area contributed by atoms with Crippen molar-refractivity contribution in [2.45, 2.75) is 49.0 Å². The van der Waals surface area contributed by atoms with Gasteiger partial charge in [-0.2, -0.15) is 4.98 Å². The molecule has 136 valence electrons. The van der Waals surface area contributed by atoms with Crippen LogP contribution in [0.5, 0.6) is 5.75 Å². The molecule has 0 bridgehead atoms. The minimum Gasteiger partial charge on any atom is -0.497 e. The Morgan fingerprint density at radius 1 is 1.19 bits per heavy atom. The number of hydrogen-bond acceptors (Lipinski definition) is 8. The van der Waals surface area contributed by atoms with Crippen molar-refractivity contribution < 1.29 is 13.7 Å². The van der Waals surface area contributed by atoms with Gasteiger partial charge in [-0.15, -0.1) is 10.2 Å². The molecule has 4 rings (SSSR count). The molecule has 0 atom stereocenters. The van der Waals surface area contributed by atoms with Crippen molar-refractivity contribution in [3.63, 3.8) is 0 Å². The maximum atomic E-state index is 5.80. The van der Waals surface area contributed by atoms with Crippen LogP contribution in [-0.2, 0) is 5.75 Å². The standard InChI is InChI=1S/C18H20N4O3S/c1-23-14-9-5-8-13(10-14)16-19-15(25-22-16)11-26-18-21-20-17(24-18)12-6-3-2-4-7-12/h5,8-10,12H,2-4,6-7,11H2,1H3. The van der Waals surface area contributed by atoms with Gasteiger partial charge >= 0.3 is 0 Å². The molecule has 8 heteroatoms. The molecule has 0 unspecified atom stereocenters. The van der Waals surface area contributed by atoms with Gasteiger partial charge < -0.3 is 13.7 Å². The molecule has 0 aliphatic heterocycles. The SMILES string of the molecule is COc1cccc(-c2noc(CSc3nnc(C4CCCCC4)o3)n2)c1. The molecule has 0 saturated heterocycles. The quantitative estimate of drug-likeness (QED) is 0.586. The van der Waals surface area contributed by atoms with E-state index in [9.17, 15) is 0 Å². The molecule has 1 saturated carbocycles. The third-order valence-electron chi connectivity index (χ3n) is 4.49. The molecule has 0 N–H and O–H groups in total. The average molecular weight is 372 g/mol. The van der Waals surface area contributed by atoms with Gasteiger partial charge in [0, 0.05) is 11.5 Å². The van der Waals surface area contributed by atoms with Crippen molar-refractivity contribution in [2.24, 2.45) is 0 Å². The Kier molecular flexibility index (Phi) is 5.19. The molecular formula is C18H20N4O3S. The van der Waals surface area contributed by atoms with Crippen LogP contribution >= 0.6 is 11.8 Å². The zero-order valence-corrected chi connectivity index (χ0v) is 15.4. The summed E-state index contributed by atoms with van der Waals surface area (Å²) in [6, 6.07) is 7.55. The Bertz CT molecular complexity index is 858. The molecule has 2 aromatic heterocycles. The summed E-state index contributed by atoms with van der Waals surface area (Å²) in [7, 11) is 1.63. The van der Waals surface area contributed by atoms with Crippen molar-refractivity contribution in [1.29, 1.82) is 0 Å². The molecular weight excluding hydrogens is 352 g/mol. The number of ether oxygens (including phenoxy) is 1. The van der Waals surface area contributed by atoms with Gasteiger partial charge in [0.2, 0.25) is 17.6 Å². The first kappa shape index (κ1) is 17.1. The topological polar surface area (TPSA) is 87.1 Å². The fraction of sp³-hybridized carbons (Fsp3) is 0.444. The fourth-order valence-electron chi connectivity index (χ4n) is 3.11. The number of hydrogen-bond donors (Lipinski definition) is 0. The normalized spacial score (nSPS) is 15.3. The Morgan fingerprint density at radius 2 is 2.08 bits per heavy atom. The van der Waals surface area contributed by atoms with Gasteiger partial charge in [0.25, 0.3) is 5.22 Å². The highest BCUT2D eigenvalue weighted by atomic mass is 32.2. The molecule has 26 heavy (non-hydrogen) atoms. The van der Waals surface area contributed by atoms with Gasteiger partial charge in [-0.25, -0.2) is 0 Å². The van der Waals surface area contributed by atoms with E-state index in [-0.39, 0.29) is 0 Å². The second kappa shape index (κ2) is 7.90. The van der Waals surface area contributed by atoms with Crippen LogP contribution in [0.15, 0.2) is 38.4 Å². The maximum absolute atomic E-state index is 5.80. The lowest BCUT2D eigenvalue weighted by Crippen LogP contribution is -2.04. The number of thioether (sulfide) groups is 1. The summed E-state index contributed by atoms with van der Waals surface area (Å²) in [6.45, 7) is 0. The van der Waals surface area contributed by atoms with Gasteiger partial charge in [-0.05, 0) is 25.0 Å². The number of rotatable bonds is 6. The predicted molar refractivity (Wildman–Crippen MR) is 96.0 cm³/mol. The van der Waals surface area contributed by atoms with Gasteiger partial charge in [-0.1, -0.05) is 48.3 Å². The van der Waals surface area contributed by atoms with E-state index in [1.54, 1.807) is 7.11 Å². The molecule has 1 aromatic carbocycles. The third kappa shape index (κ3) is 3.90. The average Bonchev–Trinajstić information content (AvgIpc) is 3.37. The van der Waals surface area contributed by atoms with Crippen LogP contribution in [0.1, 0.15) is 49.8 Å². The zero-order valence-electron chi connectivity index (χ0n) is 14.6. The largest absolute Gasteiger partial charge is 0.497 e. The molecule has 3 aromatic rings. The summed E-state index contributed by atoms with van der Waals surface area (Å²) < 4.78 is 16.3. The van der Waals surface area contributed by atoms with E-state index in [1.165, 1.54) is 31.0 Å². The Labute approximate surface area is 155 Å². The van der Waals surface area contributed by atoms with Crippen molar-refractivity contribution in [3.05, 3.63) is 36.0 Å². The van der Waals surface area contributed by atoms with Crippen molar-refractivity contribution in [3.8, 4) is 17.1 Å². The van der Waals surface area contributed by atoms with Crippen molar-refractivity contribution in [1.82, 2.24) is 20.3 Å². The molecule has 0 amide bonds. The first-order chi connectivity index (χ1) is 12.8. The highest BCUT2D eigenvalue weighted by molar-refractivity contribution is 7.98. The Hall–Kier alpha value is -2.35. The van der Waals surface area contributed by atoms with Crippen molar-refractivity contribution in [2.75, 3.05) is 7.11 Å². The highest BCUT2D eigenvalue weighted by Crippen LogP contribution is 2.33. The van der Waals surface area contributed by atoms with Gasteiger partial charge in [0.05, 0.1) is 12.9 Å². The van der Waals surface area contributed by atoms with Crippen LogP contribution in [0.2, 0.25) is 0 Å². The van der Waals surface area contributed by atoms with Gasteiger partial charge in [0.15, 0.2) is 0 Å². The van der Waals surface area contributed by atoms with Gasteiger partial charge in [-0.3, -0.25) is 0 Å². The van der Waals surface area contributed by atoms with Gasteiger partial charge in [0.1, 0.15) is 5.75 Å². The Morgan fingerprint density at radius 3 is 2.92 bits per heavy atom. The summed E-state index contributed by atoms with van der Waals surface area (Å²) in [5.41, 5.74) is 0.849. The van der Waals surface area contributed by atoms with E-state index in [4.69, 9.17) is 13.7 Å². The number of methoxy groups -OCH3 is 1. The molecule has 1 aliphatic carbocycles. The first-order valence-electron chi connectivity index (χ1n) is 8.75. The second-order valence-electron chi connectivity index (χ2n) is 6.27. The summed E-state index contributed by atoms with van der Waals surface area (Å²) >= 11 is 1.41. The first-order valence-corrected chi connectivity index (χ1v) is 9.73. The number of aromatic nitrogens is 4. The van der Waals surface area contributed by atoms with E-state index in [0.29, 0.717) is 28.6 Å². The van der Waals surface area contributed by atoms with E-state index in [1.807, 2.05) is 24.3 Å². The lowest BCUT2D eigenvalue weighted by Gasteiger charge is -2.17. The van der Waals surface area contributed by atoms with E-state index in [0.717, 1.165) is 30.0 Å². The van der Waals surface area contributed by atoms with Crippen LogP contribution < -0.4 is 4.74 Å². The van der Waals surface area contributed by atoms with Crippen molar-refractivity contribution >= 4 is 11.8 Å².